The van der Waals surface area contributed by atoms with Crippen LogP contribution in [-0.2, 0) is 0 Å². The Bertz CT molecular complexity index is 705. The van der Waals surface area contributed by atoms with Gasteiger partial charge in [0, 0.05) is 15.8 Å². The number of pyridine rings is 1. The van der Waals surface area contributed by atoms with Gasteiger partial charge in [-0.25, -0.2) is 4.98 Å². The molecule has 0 N–H and O–H groups in total. The van der Waals surface area contributed by atoms with Crippen LogP contribution in [0.2, 0.25) is 0 Å². The van der Waals surface area contributed by atoms with Crippen molar-refractivity contribution in [2.75, 3.05) is 0 Å². The number of hydrogen-bond acceptors (Lipinski definition) is 1. The van der Waals surface area contributed by atoms with Gasteiger partial charge in [0.2, 0.25) is 0 Å². The molecule has 3 aromatic rings. The Morgan fingerprint density at radius 3 is 2.37 bits per heavy atom. The summed E-state index contributed by atoms with van der Waals surface area (Å²) in [6.07, 6.45) is 0. The molecule has 1 heterocycles. The lowest BCUT2D eigenvalue weighted by Gasteiger charge is -2.12. The fourth-order valence-corrected chi connectivity index (χ4v) is 2.61. The van der Waals surface area contributed by atoms with E-state index >= 15 is 0 Å². The van der Waals surface area contributed by atoms with Crippen LogP contribution in [0.3, 0.4) is 0 Å². The van der Waals surface area contributed by atoms with Crippen LogP contribution >= 0.6 is 15.9 Å². The van der Waals surface area contributed by atoms with Crippen LogP contribution in [0.1, 0.15) is 17.3 Å². The molecular formula is C17H14BrN. The molecule has 0 radical (unpaired) electrons. The third kappa shape index (κ3) is 2.41. The second-order valence-electron chi connectivity index (χ2n) is 4.60. The standard InChI is InChI=1S/C17H14BrN/c1-12(18)15-11-14-9-5-6-10-16(14)19-17(15)13-7-3-2-4-8-13/h2-12H,1H3. The number of alkyl halides is 1. The summed E-state index contributed by atoms with van der Waals surface area (Å²) in [7, 11) is 0. The van der Waals surface area contributed by atoms with Crippen LogP contribution in [0.5, 0.6) is 0 Å². The molecular weight excluding hydrogens is 298 g/mol. The van der Waals surface area contributed by atoms with Crippen molar-refractivity contribution >= 4 is 26.8 Å². The van der Waals surface area contributed by atoms with Gasteiger partial charge >= 0.3 is 0 Å². The SMILES string of the molecule is CC(Br)c1cc2ccccc2nc1-c1ccccc1. The van der Waals surface area contributed by atoms with Crippen molar-refractivity contribution in [2.45, 2.75) is 11.8 Å². The molecule has 3 rings (SSSR count). The molecule has 0 aliphatic carbocycles. The van der Waals surface area contributed by atoms with E-state index in [1.54, 1.807) is 0 Å². The molecule has 0 aliphatic heterocycles. The molecule has 1 aromatic heterocycles. The molecule has 0 saturated carbocycles. The molecule has 0 fully saturated rings. The first-order valence-corrected chi connectivity index (χ1v) is 7.26. The number of aromatic nitrogens is 1. The number of fused-ring (bicyclic) bond motifs is 1. The Labute approximate surface area is 121 Å². The molecule has 0 bridgehead atoms. The van der Waals surface area contributed by atoms with Crippen molar-refractivity contribution in [1.82, 2.24) is 4.98 Å². The maximum atomic E-state index is 4.84. The second-order valence-corrected chi connectivity index (χ2v) is 5.97. The van der Waals surface area contributed by atoms with Gasteiger partial charge in [-0.3, -0.25) is 0 Å². The highest BCUT2D eigenvalue weighted by atomic mass is 79.9. The summed E-state index contributed by atoms with van der Waals surface area (Å²) in [5, 5.41) is 1.18. The van der Waals surface area contributed by atoms with Crippen LogP contribution in [0.25, 0.3) is 22.2 Å². The Balaban J connectivity index is 2.30. The number of halogens is 1. The molecule has 94 valence electrons. The van der Waals surface area contributed by atoms with E-state index in [-0.39, 0.29) is 4.83 Å². The minimum atomic E-state index is 0.278. The number of benzene rings is 2. The summed E-state index contributed by atoms with van der Waals surface area (Å²) in [5.41, 5.74) is 4.49. The van der Waals surface area contributed by atoms with Gasteiger partial charge in [-0.1, -0.05) is 64.5 Å². The smallest absolute Gasteiger partial charge is 0.0752 e. The lowest BCUT2D eigenvalue weighted by Crippen LogP contribution is -1.95. The van der Waals surface area contributed by atoms with Crippen molar-refractivity contribution in [3.63, 3.8) is 0 Å². The lowest BCUT2D eigenvalue weighted by atomic mass is 10.0. The van der Waals surface area contributed by atoms with E-state index in [2.05, 4.69) is 71.4 Å². The Morgan fingerprint density at radius 1 is 0.947 bits per heavy atom. The number of hydrogen-bond donors (Lipinski definition) is 0. The van der Waals surface area contributed by atoms with Crippen LogP contribution in [0, 0.1) is 0 Å². The van der Waals surface area contributed by atoms with Gasteiger partial charge in [0.05, 0.1) is 11.2 Å². The van der Waals surface area contributed by atoms with Gasteiger partial charge < -0.3 is 0 Å². The first-order chi connectivity index (χ1) is 9.25. The number of para-hydroxylation sites is 1. The summed E-state index contributed by atoms with van der Waals surface area (Å²) in [4.78, 5) is 5.11. The molecule has 0 aliphatic rings. The molecule has 0 amide bonds. The van der Waals surface area contributed by atoms with E-state index < -0.39 is 0 Å². The van der Waals surface area contributed by atoms with Gasteiger partial charge in [0.1, 0.15) is 0 Å². The predicted molar refractivity (Wildman–Crippen MR) is 84.5 cm³/mol. The highest BCUT2D eigenvalue weighted by Gasteiger charge is 2.12. The number of nitrogens with zero attached hydrogens (tertiary/aromatic N) is 1. The van der Waals surface area contributed by atoms with Gasteiger partial charge in [-0.2, -0.15) is 0 Å². The predicted octanol–water partition coefficient (Wildman–Crippen LogP) is 5.36. The minimum Gasteiger partial charge on any atom is -0.247 e. The zero-order chi connectivity index (χ0) is 13.2. The molecule has 1 unspecified atom stereocenters. The Morgan fingerprint density at radius 2 is 1.63 bits per heavy atom. The summed E-state index contributed by atoms with van der Waals surface area (Å²) in [5.74, 6) is 0. The molecule has 0 saturated heterocycles. The fraction of sp³-hybridized carbons (Fsp3) is 0.118. The Kier molecular flexibility index (Phi) is 3.34. The first kappa shape index (κ1) is 12.4. The summed E-state index contributed by atoms with van der Waals surface area (Å²) in [6, 6.07) is 20.8. The van der Waals surface area contributed by atoms with E-state index in [9.17, 15) is 0 Å². The molecule has 2 aromatic carbocycles. The van der Waals surface area contributed by atoms with Crippen LogP contribution in [-0.4, -0.2) is 4.98 Å². The van der Waals surface area contributed by atoms with Gasteiger partial charge in [-0.15, -0.1) is 0 Å². The monoisotopic (exact) mass is 311 g/mol. The zero-order valence-corrected chi connectivity index (χ0v) is 12.3. The second kappa shape index (κ2) is 5.14. The van der Waals surface area contributed by atoms with Crippen molar-refractivity contribution in [1.29, 1.82) is 0 Å². The third-order valence-electron chi connectivity index (χ3n) is 3.23. The van der Waals surface area contributed by atoms with Crippen LogP contribution in [0.15, 0.2) is 60.7 Å². The highest BCUT2D eigenvalue weighted by molar-refractivity contribution is 9.09. The van der Waals surface area contributed by atoms with E-state index in [4.69, 9.17) is 4.98 Å². The van der Waals surface area contributed by atoms with Crippen molar-refractivity contribution in [2.24, 2.45) is 0 Å². The van der Waals surface area contributed by atoms with Crippen molar-refractivity contribution < 1.29 is 0 Å². The van der Waals surface area contributed by atoms with Crippen LogP contribution in [0.4, 0.5) is 0 Å². The summed E-state index contributed by atoms with van der Waals surface area (Å²) < 4.78 is 0. The quantitative estimate of drug-likeness (QED) is 0.581. The molecule has 1 nitrogen and oxygen atoms in total. The number of rotatable bonds is 2. The fourth-order valence-electron chi connectivity index (χ4n) is 2.26. The van der Waals surface area contributed by atoms with E-state index in [0.717, 1.165) is 16.8 Å². The van der Waals surface area contributed by atoms with E-state index in [0.29, 0.717) is 0 Å². The zero-order valence-electron chi connectivity index (χ0n) is 10.7. The lowest BCUT2D eigenvalue weighted by molar-refractivity contribution is 1.11. The van der Waals surface area contributed by atoms with Crippen molar-refractivity contribution in [3.05, 3.63) is 66.2 Å². The first-order valence-electron chi connectivity index (χ1n) is 6.35. The maximum absolute atomic E-state index is 4.84. The molecule has 1 atom stereocenters. The maximum Gasteiger partial charge on any atom is 0.0752 e. The average Bonchev–Trinajstić information content (AvgIpc) is 2.46. The largest absolute Gasteiger partial charge is 0.247 e. The highest BCUT2D eigenvalue weighted by Crippen LogP contribution is 2.33. The van der Waals surface area contributed by atoms with Crippen molar-refractivity contribution in [3.8, 4) is 11.3 Å². The minimum absolute atomic E-state index is 0.278. The van der Waals surface area contributed by atoms with Gasteiger partial charge in [-0.05, 0) is 24.6 Å². The third-order valence-corrected chi connectivity index (χ3v) is 3.72. The van der Waals surface area contributed by atoms with Gasteiger partial charge in [0.25, 0.3) is 0 Å². The summed E-state index contributed by atoms with van der Waals surface area (Å²) in [6.45, 7) is 2.14. The topological polar surface area (TPSA) is 12.9 Å². The normalized spacial score (nSPS) is 12.5. The molecule has 2 heteroatoms. The Hall–Kier alpha value is -1.67. The molecule has 19 heavy (non-hydrogen) atoms. The average molecular weight is 312 g/mol. The summed E-state index contributed by atoms with van der Waals surface area (Å²) >= 11 is 3.68. The van der Waals surface area contributed by atoms with E-state index in [1.165, 1.54) is 10.9 Å². The molecule has 0 spiro atoms. The van der Waals surface area contributed by atoms with Crippen LogP contribution < -0.4 is 0 Å². The van der Waals surface area contributed by atoms with E-state index in [1.807, 2.05) is 12.1 Å². The van der Waals surface area contributed by atoms with Gasteiger partial charge in [0.15, 0.2) is 0 Å².